The molecular formula is C12H18O. The van der Waals surface area contributed by atoms with Crippen molar-refractivity contribution < 1.29 is 5.11 Å². The molecule has 0 saturated heterocycles. The van der Waals surface area contributed by atoms with Crippen LogP contribution in [0.4, 0.5) is 0 Å². The van der Waals surface area contributed by atoms with Crippen LogP contribution in [0, 0.1) is 5.92 Å². The normalized spacial score (nSPS) is 17.8. The van der Waals surface area contributed by atoms with Crippen molar-refractivity contribution >= 4 is 0 Å². The summed E-state index contributed by atoms with van der Waals surface area (Å²) in [5.74, 6) is 0.726. The molecule has 3 unspecified atom stereocenters. The lowest BCUT2D eigenvalue weighted by molar-refractivity contribution is 0.122. The Morgan fingerprint density at radius 3 is 2.00 bits per heavy atom. The Balaban J connectivity index is 2.73. The van der Waals surface area contributed by atoms with Crippen molar-refractivity contribution in [2.75, 3.05) is 0 Å². The Bertz CT molecular complexity index is 241. The fourth-order valence-corrected chi connectivity index (χ4v) is 1.48. The summed E-state index contributed by atoms with van der Waals surface area (Å²) >= 11 is 0. The highest BCUT2D eigenvalue weighted by Gasteiger charge is 2.17. The zero-order chi connectivity index (χ0) is 9.84. The maximum Gasteiger partial charge on any atom is 0.0543 e. The van der Waals surface area contributed by atoms with Crippen molar-refractivity contribution in [2.24, 2.45) is 5.92 Å². The van der Waals surface area contributed by atoms with Crippen molar-refractivity contribution in [1.29, 1.82) is 0 Å². The third kappa shape index (κ3) is 2.56. The highest BCUT2D eigenvalue weighted by molar-refractivity contribution is 5.19. The monoisotopic (exact) mass is 178 g/mol. The van der Waals surface area contributed by atoms with Crippen molar-refractivity contribution in [3.63, 3.8) is 0 Å². The lowest BCUT2D eigenvalue weighted by atomic mass is 9.86. The number of benzene rings is 1. The summed E-state index contributed by atoms with van der Waals surface area (Å²) in [5, 5.41) is 9.45. The van der Waals surface area contributed by atoms with E-state index in [2.05, 4.69) is 26.0 Å². The molecule has 0 fully saturated rings. The summed E-state index contributed by atoms with van der Waals surface area (Å²) in [6.07, 6.45) is -0.241. The van der Waals surface area contributed by atoms with Gasteiger partial charge in [0.05, 0.1) is 6.10 Å². The predicted molar refractivity (Wildman–Crippen MR) is 55.7 cm³/mol. The van der Waals surface area contributed by atoms with Gasteiger partial charge in [-0.15, -0.1) is 0 Å². The third-order valence-corrected chi connectivity index (χ3v) is 2.87. The van der Waals surface area contributed by atoms with Crippen LogP contribution in [0.25, 0.3) is 0 Å². The fraction of sp³-hybridized carbons (Fsp3) is 0.500. The number of hydrogen-bond donors (Lipinski definition) is 1. The van der Waals surface area contributed by atoms with Crippen LogP contribution in [0.3, 0.4) is 0 Å². The van der Waals surface area contributed by atoms with Gasteiger partial charge in [0, 0.05) is 0 Å². The van der Waals surface area contributed by atoms with Crippen LogP contribution < -0.4 is 0 Å². The van der Waals surface area contributed by atoms with E-state index in [1.165, 1.54) is 5.56 Å². The smallest absolute Gasteiger partial charge is 0.0543 e. The summed E-state index contributed by atoms with van der Waals surface area (Å²) < 4.78 is 0. The second-order valence-corrected chi connectivity index (χ2v) is 3.80. The van der Waals surface area contributed by atoms with Crippen LogP contribution >= 0.6 is 0 Å². The topological polar surface area (TPSA) is 20.2 Å². The minimum absolute atomic E-state index is 0.241. The average Bonchev–Trinajstić information content (AvgIpc) is 2.17. The van der Waals surface area contributed by atoms with E-state index in [-0.39, 0.29) is 6.10 Å². The highest BCUT2D eigenvalue weighted by Crippen LogP contribution is 2.25. The Morgan fingerprint density at radius 1 is 1.00 bits per heavy atom. The van der Waals surface area contributed by atoms with E-state index in [9.17, 15) is 5.11 Å². The number of aliphatic hydroxyl groups excluding tert-OH is 1. The molecule has 1 aromatic carbocycles. The zero-order valence-electron chi connectivity index (χ0n) is 8.57. The minimum atomic E-state index is -0.241. The standard InChI is InChI=1S/C12H18O/c1-9(11(3)13)10(2)12-7-5-4-6-8-12/h4-11,13H,1-3H3. The molecule has 1 rings (SSSR count). The molecule has 1 heteroatoms. The summed E-state index contributed by atoms with van der Waals surface area (Å²) in [4.78, 5) is 0. The Labute approximate surface area is 80.4 Å². The molecule has 0 aliphatic rings. The molecule has 1 aromatic rings. The molecule has 0 aliphatic carbocycles. The van der Waals surface area contributed by atoms with Crippen LogP contribution in [-0.2, 0) is 0 Å². The maximum atomic E-state index is 9.45. The molecule has 0 radical (unpaired) electrons. The molecule has 0 spiro atoms. The van der Waals surface area contributed by atoms with Crippen molar-refractivity contribution in [2.45, 2.75) is 32.8 Å². The highest BCUT2D eigenvalue weighted by atomic mass is 16.3. The Morgan fingerprint density at radius 2 is 1.54 bits per heavy atom. The first-order valence-corrected chi connectivity index (χ1v) is 4.86. The number of aliphatic hydroxyl groups is 1. The Hall–Kier alpha value is -0.820. The first-order valence-electron chi connectivity index (χ1n) is 4.86. The number of hydrogen-bond acceptors (Lipinski definition) is 1. The molecule has 1 nitrogen and oxygen atoms in total. The summed E-state index contributed by atoms with van der Waals surface area (Å²) in [6, 6.07) is 10.3. The van der Waals surface area contributed by atoms with E-state index in [0.717, 1.165) is 0 Å². The SMILES string of the molecule is CC(O)C(C)C(C)c1ccccc1. The van der Waals surface area contributed by atoms with Crippen LogP contribution in [0.15, 0.2) is 30.3 Å². The van der Waals surface area contributed by atoms with Crippen molar-refractivity contribution in [3.05, 3.63) is 35.9 Å². The van der Waals surface area contributed by atoms with Gasteiger partial charge in [-0.05, 0) is 24.3 Å². The second-order valence-electron chi connectivity index (χ2n) is 3.80. The van der Waals surface area contributed by atoms with E-state index in [1.807, 2.05) is 25.1 Å². The van der Waals surface area contributed by atoms with Crippen LogP contribution in [0.5, 0.6) is 0 Å². The largest absolute Gasteiger partial charge is 0.393 e. The van der Waals surface area contributed by atoms with Gasteiger partial charge in [0.1, 0.15) is 0 Å². The van der Waals surface area contributed by atoms with Crippen LogP contribution in [0.1, 0.15) is 32.3 Å². The summed E-state index contributed by atoms with van der Waals surface area (Å²) in [7, 11) is 0. The van der Waals surface area contributed by atoms with Gasteiger partial charge in [0.15, 0.2) is 0 Å². The summed E-state index contributed by atoms with van der Waals surface area (Å²) in [5.41, 5.74) is 1.30. The van der Waals surface area contributed by atoms with Gasteiger partial charge in [0.2, 0.25) is 0 Å². The predicted octanol–water partition coefficient (Wildman–Crippen LogP) is 2.81. The quantitative estimate of drug-likeness (QED) is 0.754. The van der Waals surface area contributed by atoms with Crippen LogP contribution in [0.2, 0.25) is 0 Å². The maximum absolute atomic E-state index is 9.45. The van der Waals surface area contributed by atoms with E-state index >= 15 is 0 Å². The average molecular weight is 178 g/mol. The van der Waals surface area contributed by atoms with E-state index < -0.39 is 0 Å². The van der Waals surface area contributed by atoms with Gasteiger partial charge >= 0.3 is 0 Å². The first kappa shape index (κ1) is 10.3. The molecular weight excluding hydrogens is 160 g/mol. The minimum Gasteiger partial charge on any atom is -0.393 e. The first-order chi connectivity index (χ1) is 6.13. The molecule has 0 aromatic heterocycles. The lowest BCUT2D eigenvalue weighted by Crippen LogP contribution is -2.19. The Kier molecular flexibility index (Phi) is 3.49. The van der Waals surface area contributed by atoms with Gasteiger partial charge in [-0.25, -0.2) is 0 Å². The van der Waals surface area contributed by atoms with E-state index in [4.69, 9.17) is 0 Å². The number of rotatable bonds is 3. The van der Waals surface area contributed by atoms with Crippen molar-refractivity contribution in [1.82, 2.24) is 0 Å². The van der Waals surface area contributed by atoms with Gasteiger partial charge in [-0.3, -0.25) is 0 Å². The zero-order valence-corrected chi connectivity index (χ0v) is 8.57. The lowest BCUT2D eigenvalue weighted by Gasteiger charge is -2.22. The molecule has 0 amide bonds. The molecule has 13 heavy (non-hydrogen) atoms. The molecule has 0 heterocycles. The third-order valence-electron chi connectivity index (χ3n) is 2.87. The molecule has 0 bridgehead atoms. The summed E-state index contributed by atoms with van der Waals surface area (Å²) in [6.45, 7) is 6.10. The van der Waals surface area contributed by atoms with Crippen LogP contribution in [-0.4, -0.2) is 11.2 Å². The van der Waals surface area contributed by atoms with E-state index in [1.54, 1.807) is 0 Å². The second kappa shape index (κ2) is 4.43. The molecule has 1 N–H and O–H groups in total. The van der Waals surface area contributed by atoms with Crippen molar-refractivity contribution in [3.8, 4) is 0 Å². The molecule has 72 valence electrons. The van der Waals surface area contributed by atoms with Gasteiger partial charge < -0.3 is 5.11 Å². The van der Waals surface area contributed by atoms with Gasteiger partial charge in [-0.2, -0.15) is 0 Å². The molecule has 0 aliphatic heterocycles. The molecule has 3 atom stereocenters. The van der Waals surface area contributed by atoms with Gasteiger partial charge in [0.25, 0.3) is 0 Å². The van der Waals surface area contributed by atoms with Gasteiger partial charge in [-0.1, -0.05) is 44.2 Å². The molecule has 0 saturated carbocycles. The fourth-order valence-electron chi connectivity index (χ4n) is 1.48. The van der Waals surface area contributed by atoms with E-state index in [0.29, 0.717) is 11.8 Å².